The number of fused-ring (bicyclic) bond motifs is 1. The predicted octanol–water partition coefficient (Wildman–Crippen LogP) is 3.81. The van der Waals surface area contributed by atoms with E-state index in [1.54, 1.807) is 24.3 Å². The third-order valence-corrected chi connectivity index (χ3v) is 6.38. The molecule has 0 aliphatic heterocycles. The first-order valence-electron chi connectivity index (χ1n) is 9.99. The maximum Gasteiger partial charge on any atom is 0.251 e. The molecule has 0 fully saturated rings. The van der Waals surface area contributed by atoms with Crippen molar-refractivity contribution < 1.29 is 9.59 Å². The van der Waals surface area contributed by atoms with E-state index in [0.717, 1.165) is 6.42 Å². The molecule has 3 aliphatic rings. The summed E-state index contributed by atoms with van der Waals surface area (Å²) in [6, 6.07) is 23.9. The molecule has 1 atom stereocenters. The molecule has 3 N–H and O–H groups in total. The highest BCUT2D eigenvalue weighted by Gasteiger charge is 2.42. The quantitative estimate of drug-likeness (QED) is 0.720. The third kappa shape index (κ3) is 2.92. The molecule has 3 aromatic carbocycles. The van der Waals surface area contributed by atoms with Gasteiger partial charge < -0.3 is 11.1 Å². The lowest BCUT2D eigenvalue weighted by Gasteiger charge is -2.45. The van der Waals surface area contributed by atoms with Crippen LogP contribution in [0.25, 0.3) is 0 Å². The van der Waals surface area contributed by atoms with Crippen molar-refractivity contribution in [2.24, 2.45) is 11.7 Å². The van der Waals surface area contributed by atoms with Crippen molar-refractivity contribution in [1.29, 1.82) is 0 Å². The van der Waals surface area contributed by atoms with Gasteiger partial charge in [-0.2, -0.15) is 0 Å². The van der Waals surface area contributed by atoms with Crippen molar-refractivity contribution >= 4 is 11.8 Å². The average molecular weight is 382 g/mol. The van der Waals surface area contributed by atoms with E-state index in [9.17, 15) is 9.59 Å². The number of carbonyl (C=O) groups excluding carboxylic acids is 2. The van der Waals surface area contributed by atoms with Crippen LogP contribution in [0.15, 0.2) is 72.8 Å². The predicted molar refractivity (Wildman–Crippen MR) is 112 cm³/mol. The Morgan fingerprint density at radius 1 is 0.793 bits per heavy atom. The molecule has 144 valence electrons. The SMILES string of the molecule is NC(=O)c1ccc(C(=O)NCC2CC3c4ccccc4C2c2ccccc23)cc1. The molecule has 0 radical (unpaired) electrons. The molecule has 2 bridgehead atoms. The summed E-state index contributed by atoms with van der Waals surface area (Å²) in [5.41, 5.74) is 11.9. The van der Waals surface area contributed by atoms with E-state index >= 15 is 0 Å². The zero-order valence-electron chi connectivity index (χ0n) is 16.0. The number of benzene rings is 3. The molecule has 0 aromatic heterocycles. The number of hydrogen-bond acceptors (Lipinski definition) is 2. The molecule has 1 unspecified atom stereocenters. The highest BCUT2D eigenvalue weighted by atomic mass is 16.2. The second-order valence-electron chi connectivity index (χ2n) is 7.94. The molecule has 0 saturated carbocycles. The molecule has 29 heavy (non-hydrogen) atoms. The number of amides is 2. The zero-order valence-corrected chi connectivity index (χ0v) is 16.0. The largest absolute Gasteiger partial charge is 0.366 e. The summed E-state index contributed by atoms with van der Waals surface area (Å²) in [6.07, 6.45) is 1.04. The van der Waals surface area contributed by atoms with Crippen LogP contribution in [-0.4, -0.2) is 18.4 Å². The lowest BCUT2D eigenvalue weighted by atomic mass is 9.59. The van der Waals surface area contributed by atoms with Crippen molar-refractivity contribution in [2.45, 2.75) is 18.3 Å². The Kier molecular flexibility index (Phi) is 4.20. The van der Waals surface area contributed by atoms with Gasteiger partial charge in [-0.05, 0) is 58.9 Å². The lowest BCUT2D eigenvalue weighted by molar-refractivity contribution is 0.0940. The zero-order chi connectivity index (χ0) is 20.0. The topological polar surface area (TPSA) is 72.2 Å². The highest BCUT2D eigenvalue weighted by molar-refractivity contribution is 5.97. The molecule has 0 saturated heterocycles. The van der Waals surface area contributed by atoms with Gasteiger partial charge in [0.2, 0.25) is 5.91 Å². The van der Waals surface area contributed by atoms with E-state index < -0.39 is 5.91 Å². The van der Waals surface area contributed by atoms with Gasteiger partial charge in [-0.15, -0.1) is 0 Å². The second kappa shape index (κ2) is 6.89. The minimum atomic E-state index is -0.493. The van der Waals surface area contributed by atoms with Gasteiger partial charge in [0.15, 0.2) is 0 Å². The van der Waals surface area contributed by atoms with Crippen LogP contribution in [-0.2, 0) is 0 Å². The van der Waals surface area contributed by atoms with Gasteiger partial charge >= 0.3 is 0 Å². The summed E-state index contributed by atoms with van der Waals surface area (Å²) in [6.45, 7) is 0.625. The summed E-state index contributed by atoms with van der Waals surface area (Å²) < 4.78 is 0. The fourth-order valence-corrected chi connectivity index (χ4v) is 5.07. The maximum atomic E-state index is 12.6. The first kappa shape index (κ1) is 17.7. The molecule has 3 aliphatic carbocycles. The Morgan fingerprint density at radius 3 is 1.86 bits per heavy atom. The number of rotatable bonds is 4. The Labute approximate surface area is 169 Å². The van der Waals surface area contributed by atoms with E-state index in [0.29, 0.717) is 35.4 Å². The number of carbonyl (C=O) groups is 2. The van der Waals surface area contributed by atoms with Crippen LogP contribution >= 0.6 is 0 Å². The average Bonchev–Trinajstić information content (AvgIpc) is 2.77. The van der Waals surface area contributed by atoms with Crippen LogP contribution in [0.3, 0.4) is 0 Å². The number of primary amides is 1. The van der Waals surface area contributed by atoms with E-state index in [4.69, 9.17) is 5.73 Å². The minimum absolute atomic E-state index is 0.121. The first-order chi connectivity index (χ1) is 14.1. The summed E-state index contributed by atoms with van der Waals surface area (Å²) in [7, 11) is 0. The van der Waals surface area contributed by atoms with Crippen molar-refractivity contribution in [1.82, 2.24) is 5.32 Å². The number of nitrogens with one attached hydrogen (secondary N) is 1. The molecule has 3 aromatic rings. The van der Waals surface area contributed by atoms with Crippen molar-refractivity contribution in [3.05, 3.63) is 106 Å². The Morgan fingerprint density at radius 2 is 1.31 bits per heavy atom. The van der Waals surface area contributed by atoms with Gasteiger partial charge in [-0.25, -0.2) is 0 Å². The van der Waals surface area contributed by atoms with Crippen LogP contribution < -0.4 is 11.1 Å². The van der Waals surface area contributed by atoms with Gasteiger partial charge in [0.25, 0.3) is 5.91 Å². The molecule has 4 heteroatoms. The molecule has 4 nitrogen and oxygen atoms in total. The van der Waals surface area contributed by atoms with E-state index in [-0.39, 0.29) is 5.91 Å². The molecular weight excluding hydrogens is 360 g/mol. The standard InChI is InChI=1S/C25H22N2O2/c26-24(28)15-9-11-16(12-10-15)25(29)27-14-17-13-22-18-5-1-3-7-20(18)23(17)21-8-4-2-6-19(21)22/h1-12,17,22-23H,13-14H2,(H2,26,28)(H,27,29). The Bertz CT molecular complexity index is 1060. The summed E-state index contributed by atoms with van der Waals surface area (Å²) in [4.78, 5) is 23.8. The van der Waals surface area contributed by atoms with Crippen LogP contribution in [0, 0.1) is 5.92 Å². The van der Waals surface area contributed by atoms with Crippen molar-refractivity contribution in [2.75, 3.05) is 6.54 Å². The van der Waals surface area contributed by atoms with E-state index in [2.05, 4.69) is 53.8 Å². The molecule has 0 heterocycles. The molecule has 0 spiro atoms. The lowest BCUT2D eigenvalue weighted by Crippen LogP contribution is -2.39. The van der Waals surface area contributed by atoms with Gasteiger partial charge in [0.1, 0.15) is 0 Å². The first-order valence-corrected chi connectivity index (χ1v) is 9.99. The molecule has 2 amide bonds. The van der Waals surface area contributed by atoms with Gasteiger partial charge in [0, 0.05) is 29.5 Å². The number of hydrogen-bond donors (Lipinski definition) is 2. The third-order valence-electron chi connectivity index (χ3n) is 6.38. The van der Waals surface area contributed by atoms with Crippen LogP contribution in [0.5, 0.6) is 0 Å². The highest BCUT2D eigenvalue weighted by Crippen LogP contribution is 2.55. The molecular formula is C25H22N2O2. The molecule has 6 rings (SSSR count). The van der Waals surface area contributed by atoms with Crippen LogP contribution in [0.1, 0.15) is 61.2 Å². The van der Waals surface area contributed by atoms with Crippen LogP contribution in [0.2, 0.25) is 0 Å². The monoisotopic (exact) mass is 382 g/mol. The number of nitrogens with two attached hydrogens (primary N) is 1. The van der Waals surface area contributed by atoms with Gasteiger partial charge in [-0.3, -0.25) is 9.59 Å². The van der Waals surface area contributed by atoms with Crippen molar-refractivity contribution in [3.8, 4) is 0 Å². The summed E-state index contributed by atoms with van der Waals surface area (Å²) >= 11 is 0. The smallest absolute Gasteiger partial charge is 0.251 e. The fourth-order valence-electron chi connectivity index (χ4n) is 5.07. The Balaban J connectivity index is 1.38. The van der Waals surface area contributed by atoms with E-state index in [1.807, 2.05) is 0 Å². The Hall–Kier alpha value is -3.40. The normalized spacial score (nSPS) is 21.2. The van der Waals surface area contributed by atoms with Gasteiger partial charge in [-0.1, -0.05) is 48.5 Å². The van der Waals surface area contributed by atoms with Crippen LogP contribution in [0.4, 0.5) is 0 Å². The summed E-state index contributed by atoms with van der Waals surface area (Å²) in [5, 5.41) is 3.11. The maximum absolute atomic E-state index is 12.6. The van der Waals surface area contributed by atoms with E-state index in [1.165, 1.54) is 22.3 Å². The fraction of sp³-hybridized carbons (Fsp3) is 0.200. The van der Waals surface area contributed by atoms with Crippen molar-refractivity contribution in [3.63, 3.8) is 0 Å². The minimum Gasteiger partial charge on any atom is -0.366 e. The second-order valence-corrected chi connectivity index (χ2v) is 7.94. The summed E-state index contributed by atoms with van der Waals surface area (Å²) in [5.74, 6) is 0.448. The van der Waals surface area contributed by atoms with Gasteiger partial charge in [0.05, 0.1) is 0 Å².